The van der Waals surface area contributed by atoms with Crippen LogP contribution >= 0.6 is 11.6 Å². The maximum absolute atomic E-state index is 11.4. The van der Waals surface area contributed by atoms with Gasteiger partial charge in [0.2, 0.25) is 5.82 Å². The summed E-state index contributed by atoms with van der Waals surface area (Å²) in [6.45, 7) is 1.65. The Morgan fingerprint density at radius 2 is 2.14 bits per heavy atom. The Balaban J connectivity index is 2.38. The summed E-state index contributed by atoms with van der Waals surface area (Å²) in [5, 5.41) is 14.6. The average molecular weight is 340 g/mol. The van der Waals surface area contributed by atoms with Crippen molar-refractivity contribution in [3.8, 4) is 0 Å². The smallest absolute Gasteiger partial charge is 0.314 e. The summed E-state index contributed by atoms with van der Waals surface area (Å²) < 4.78 is 11.4. The molecule has 1 aromatic carbocycles. The van der Waals surface area contributed by atoms with Crippen molar-refractivity contribution in [3.05, 3.63) is 56.7 Å². The van der Waals surface area contributed by atoms with E-state index in [0.29, 0.717) is 27.6 Å². The number of anilines is 2. The Bertz CT molecular complexity index is 752. The third-order valence-corrected chi connectivity index (χ3v) is 4.06. The molecule has 0 saturated carbocycles. The van der Waals surface area contributed by atoms with Crippen LogP contribution in [0.1, 0.15) is 11.1 Å². The van der Waals surface area contributed by atoms with E-state index in [2.05, 4.69) is 10.3 Å². The number of aromatic nitrogens is 1. The second-order valence-corrected chi connectivity index (χ2v) is 6.57. The van der Waals surface area contributed by atoms with Crippen LogP contribution in [0.2, 0.25) is 5.02 Å². The molecule has 2 aromatic rings. The molecule has 0 fully saturated rings. The topological polar surface area (TPSA) is 85.1 Å². The van der Waals surface area contributed by atoms with Crippen LogP contribution in [-0.2, 0) is 16.6 Å². The SMILES string of the molecule is Cc1ccnc(Nc2ccc(Cl)c(CS(C)=O)c2)c1[N+](=O)[O-]. The van der Waals surface area contributed by atoms with Gasteiger partial charge in [-0.05, 0) is 36.8 Å². The number of aryl methyl sites for hydroxylation is 1. The second-order valence-electron chi connectivity index (χ2n) is 4.73. The van der Waals surface area contributed by atoms with Gasteiger partial charge < -0.3 is 5.32 Å². The summed E-state index contributed by atoms with van der Waals surface area (Å²) in [6, 6.07) is 6.65. The van der Waals surface area contributed by atoms with E-state index < -0.39 is 15.7 Å². The standard InChI is InChI=1S/C14H14ClN3O3S/c1-9-5-6-16-14(13(9)18(19)20)17-11-3-4-12(15)10(7-11)8-22(2)21/h3-7H,8H2,1-2H3,(H,16,17). The molecule has 8 heteroatoms. The van der Waals surface area contributed by atoms with Crippen molar-refractivity contribution in [2.24, 2.45) is 0 Å². The van der Waals surface area contributed by atoms with E-state index in [9.17, 15) is 14.3 Å². The predicted octanol–water partition coefficient (Wildman–Crippen LogP) is 3.57. The molecule has 6 nitrogen and oxygen atoms in total. The van der Waals surface area contributed by atoms with Crippen molar-refractivity contribution in [1.29, 1.82) is 0 Å². The first-order valence-corrected chi connectivity index (χ1v) is 8.44. The van der Waals surface area contributed by atoms with Crippen molar-refractivity contribution in [2.75, 3.05) is 11.6 Å². The van der Waals surface area contributed by atoms with E-state index in [1.165, 1.54) is 6.20 Å². The highest BCUT2D eigenvalue weighted by Gasteiger charge is 2.18. The fourth-order valence-corrected chi connectivity index (χ4v) is 2.93. The molecule has 0 bridgehead atoms. The monoisotopic (exact) mass is 339 g/mol. The number of pyridine rings is 1. The minimum absolute atomic E-state index is 0.0712. The number of hydrogen-bond acceptors (Lipinski definition) is 5. The third kappa shape index (κ3) is 3.80. The second kappa shape index (κ2) is 6.85. The highest BCUT2D eigenvalue weighted by Crippen LogP contribution is 2.30. The molecule has 0 aliphatic rings. The molecule has 1 unspecified atom stereocenters. The Morgan fingerprint density at radius 1 is 1.41 bits per heavy atom. The van der Waals surface area contributed by atoms with Crippen LogP contribution in [0.3, 0.4) is 0 Å². The van der Waals surface area contributed by atoms with E-state index in [-0.39, 0.29) is 11.5 Å². The number of halogens is 1. The third-order valence-electron chi connectivity index (χ3n) is 2.98. The predicted molar refractivity (Wildman–Crippen MR) is 88.1 cm³/mol. The Hall–Kier alpha value is -1.99. The highest BCUT2D eigenvalue weighted by atomic mass is 35.5. The first kappa shape index (κ1) is 16.4. The Kier molecular flexibility index (Phi) is 5.10. The lowest BCUT2D eigenvalue weighted by atomic mass is 10.2. The normalized spacial score (nSPS) is 12.0. The van der Waals surface area contributed by atoms with Crippen LogP contribution in [-0.4, -0.2) is 20.4 Å². The molecule has 116 valence electrons. The van der Waals surface area contributed by atoms with Gasteiger partial charge in [-0.15, -0.1) is 0 Å². The van der Waals surface area contributed by atoms with E-state index in [4.69, 9.17) is 11.6 Å². The van der Waals surface area contributed by atoms with Crippen molar-refractivity contribution in [3.63, 3.8) is 0 Å². The lowest BCUT2D eigenvalue weighted by molar-refractivity contribution is -0.384. The molecule has 0 amide bonds. The Morgan fingerprint density at radius 3 is 2.77 bits per heavy atom. The molecule has 0 aliphatic heterocycles. The highest BCUT2D eigenvalue weighted by molar-refractivity contribution is 7.83. The molecule has 0 spiro atoms. The van der Waals surface area contributed by atoms with Gasteiger partial charge in [-0.25, -0.2) is 4.98 Å². The lowest BCUT2D eigenvalue weighted by Crippen LogP contribution is -2.02. The van der Waals surface area contributed by atoms with Gasteiger partial charge in [-0.2, -0.15) is 0 Å². The molecule has 1 heterocycles. The van der Waals surface area contributed by atoms with E-state index in [0.717, 1.165) is 0 Å². The van der Waals surface area contributed by atoms with Crippen molar-refractivity contribution >= 4 is 39.6 Å². The first-order chi connectivity index (χ1) is 10.4. The molecule has 2 rings (SSSR count). The van der Waals surface area contributed by atoms with Gasteiger partial charge in [-0.1, -0.05) is 11.6 Å². The number of nitrogens with zero attached hydrogens (tertiary/aromatic N) is 2. The summed E-state index contributed by atoms with van der Waals surface area (Å²) in [5.74, 6) is 0.480. The van der Waals surface area contributed by atoms with Crippen molar-refractivity contribution < 1.29 is 9.13 Å². The zero-order valence-corrected chi connectivity index (χ0v) is 13.6. The van der Waals surface area contributed by atoms with E-state index in [1.807, 2.05) is 0 Å². The molecule has 0 radical (unpaired) electrons. The summed E-state index contributed by atoms with van der Waals surface area (Å²) in [7, 11) is -1.03. The molecule has 22 heavy (non-hydrogen) atoms. The van der Waals surface area contributed by atoms with Gasteiger partial charge in [0, 0.05) is 45.3 Å². The van der Waals surface area contributed by atoms with Crippen LogP contribution in [0.25, 0.3) is 0 Å². The zero-order chi connectivity index (χ0) is 16.3. The summed E-state index contributed by atoms with van der Waals surface area (Å²) in [5.41, 5.74) is 1.76. The van der Waals surface area contributed by atoms with E-state index >= 15 is 0 Å². The minimum Gasteiger partial charge on any atom is -0.334 e. The first-order valence-electron chi connectivity index (χ1n) is 6.34. The molecule has 1 N–H and O–H groups in total. The van der Waals surface area contributed by atoms with Crippen LogP contribution in [0, 0.1) is 17.0 Å². The molecular formula is C14H14ClN3O3S. The molecule has 1 atom stereocenters. The number of nitro groups is 1. The maximum Gasteiger partial charge on any atom is 0.314 e. The largest absolute Gasteiger partial charge is 0.334 e. The molecule has 1 aromatic heterocycles. The molecular weight excluding hydrogens is 326 g/mol. The lowest BCUT2D eigenvalue weighted by Gasteiger charge is -2.10. The molecule has 0 aliphatic carbocycles. The number of hydrogen-bond donors (Lipinski definition) is 1. The number of rotatable bonds is 5. The zero-order valence-electron chi connectivity index (χ0n) is 12.0. The van der Waals surface area contributed by atoms with Gasteiger partial charge in [0.05, 0.1) is 4.92 Å². The van der Waals surface area contributed by atoms with Gasteiger partial charge in [0.25, 0.3) is 0 Å². The average Bonchev–Trinajstić information content (AvgIpc) is 2.41. The van der Waals surface area contributed by atoms with Gasteiger partial charge in [0.15, 0.2) is 0 Å². The Labute approximate surface area is 135 Å². The van der Waals surface area contributed by atoms with Crippen molar-refractivity contribution in [2.45, 2.75) is 12.7 Å². The van der Waals surface area contributed by atoms with Gasteiger partial charge in [0.1, 0.15) is 0 Å². The maximum atomic E-state index is 11.4. The minimum atomic E-state index is -1.03. The van der Waals surface area contributed by atoms with Crippen LogP contribution in [0.15, 0.2) is 30.5 Å². The van der Waals surface area contributed by atoms with Crippen LogP contribution in [0.5, 0.6) is 0 Å². The van der Waals surface area contributed by atoms with Crippen LogP contribution < -0.4 is 5.32 Å². The van der Waals surface area contributed by atoms with Gasteiger partial charge in [-0.3, -0.25) is 14.3 Å². The summed E-state index contributed by atoms with van der Waals surface area (Å²) >= 11 is 6.06. The quantitative estimate of drug-likeness (QED) is 0.664. The van der Waals surface area contributed by atoms with E-state index in [1.54, 1.807) is 37.4 Å². The fourth-order valence-electron chi connectivity index (χ4n) is 1.99. The van der Waals surface area contributed by atoms with Gasteiger partial charge >= 0.3 is 5.69 Å². The summed E-state index contributed by atoms with van der Waals surface area (Å²) in [4.78, 5) is 14.7. The number of nitrogens with one attached hydrogen (secondary N) is 1. The number of benzene rings is 1. The fraction of sp³-hybridized carbons (Fsp3) is 0.214. The molecule has 0 saturated heterocycles. The summed E-state index contributed by atoms with van der Waals surface area (Å²) in [6.07, 6.45) is 3.09. The van der Waals surface area contributed by atoms with Crippen LogP contribution in [0.4, 0.5) is 17.2 Å². The van der Waals surface area contributed by atoms with Crippen molar-refractivity contribution in [1.82, 2.24) is 4.98 Å².